The second kappa shape index (κ2) is 13.0. The van der Waals surface area contributed by atoms with Crippen molar-refractivity contribution in [1.82, 2.24) is 20.4 Å². The maximum Gasteiger partial charge on any atom is 0.225 e. The van der Waals surface area contributed by atoms with Crippen molar-refractivity contribution in [2.45, 2.75) is 70.8 Å². The molecule has 2 aliphatic heterocycles. The second-order valence-corrected chi connectivity index (χ2v) is 8.91. The lowest BCUT2D eigenvalue weighted by molar-refractivity contribution is -0.135. The van der Waals surface area contributed by atoms with E-state index >= 15 is 0 Å². The second-order valence-electron chi connectivity index (χ2n) is 8.91. The summed E-state index contributed by atoms with van der Waals surface area (Å²) in [6.07, 6.45) is 10.8. The first-order valence-electron chi connectivity index (χ1n) is 11.7. The molecule has 7 heteroatoms. The van der Waals surface area contributed by atoms with Crippen LogP contribution in [0.5, 0.6) is 0 Å². The van der Waals surface area contributed by atoms with Crippen molar-refractivity contribution < 1.29 is 4.79 Å². The van der Waals surface area contributed by atoms with Gasteiger partial charge in [0.1, 0.15) is 0 Å². The smallest absolute Gasteiger partial charge is 0.225 e. The van der Waals surface area contributed by atoms with E-state index in [9.17, 15) is 4.79 Å². The molecule has 2 heterocycles. The van der Waals surface area contributed by atoms with Crippen LogP contribution in [0.4, 0.5) is 0 Å². The first kappa shape index (κ1) is 24.7. The number of hydrogen-bond donors (Lipinski definition) is 2. The van der Waals surface area contributed by atoms with E-state index in [-0.39, 0.29) is 29.9 Å². The Morgan fingerprint density at radius 1 is 1.03 bits per heavy atom. The molecule has 0 aromatic carbocycles. The highest BCUT2D eigenvalue weighted by atomic mass is 127. The highest BCUT2D eigenvalue weighted by molar-refractivity contribution is 14.0. The van der Waals surface area contributed by atoms with E-state index in [1.165, 1.54) is 58.2 Å². The molecule has 2 N–H and O–H groups in total. The number of amides is 1. The number of halogens is 1. The first-order chi connectivity index (χ1) is 13.7. The van der Waals surface area contributed by atoms with E-state index in [4.69, 9.17) is 0 Å². The van der Waals surface area contributed by atoms with Crippen LogP contribution in [0.15, 0.2) is 4.99 Å². The van der Waals surface area contributed by atoms with Gasteiger partial charge in [-0.3, -0.25) is 9.79 Å². The SMILES string of the molecule is CCN1CCC(CCNC(=NC)NC2CCN(C(=O)C3CCCCC3)C2)CC1.I. The van der Waals surface area contributed by atoms with Gasteiger partial charge in [-0.15, -0.1) is 24.0 Å². The minimum Gasteiger partial charge on any atom is -0.356 e. The van der Waals surface area contributed by atoms with Gasteiger partial charge in [0, 0.05) is 38.6 Å². The van der Waals surface area contributed by atoms with Crippen LogP contribution in [-0.4, -0.2) is 74.0 Å². The Balaban J connectivity index is 0.00000300. The monoisotopic (exact) mass is 519 g/mol. The van der Waals surface area contributed by atoms with Gasteiger partial charge < -0.3 is 20.4 Å². The zero-order valence-corrected chi connectivity index (χ0v) is 20.8. The largest absolute Gasteiger partial charge is 0.356 e. The molecule has 1 amide bonds. The van der Waals surface area contributed by atoms with Gasteiger partial charge in [0.2, 0.25) is 5.91 Å². The van der Waals surface area contributed by atoms with Crippen LogP contribution in [0.3, 0.4) is 0 Å². The van der Waals surface area contributed by atoms with Crippen LogP contribution in [0, 0.1) is 11.8 Å². The minimum absolute atomic E-state index is 0. The Bertz CT molecular complexity index is 515. The maximum atomic E-state index is 12.7. The number of aliphatic imine (C=N–C) groups is 1. The average molecular weight is 520 g/mol. The standard InChI is InChI=1S/C22H41N5O.HI/c1-3-26-14-10-18(11-15-26)9-13-24-22(23-2)25-20-12-16-27(17-20)21(28)19-7-5-4-6-8-19;/h18-20H,3-17H2,1-2H3,(H2,23,24,25);1H. The van der Waals surface area contributed by atoms with Gasteiger partial charge in [-0.2, -0.15) is 0 Å². The first-order valence-corrected chi connectivity index (χ1v) is 11.7. The van der Waals surface area contributed by atoms with Crippen molar-refractivity contribution in [2.24, 2.45) is 16.8 Å². The summed E-state index contributed by atoms with van der Waals surface area (Å²) in [5.41, 5.74) is 0. The van der Waals surface area contributed by atoms with Gasteiger partial charge in [0.15, 0.2) is 5.96 Å². The summed E-state index contributed by atoms with van der Waals surface area (Å²) in [5, 5.41) is 7.04. The highest BCUT2D eigenvalue weighted by Crippen LogP contribution is 2.26. The predicted molar refractivity (Wildman–Crippen MR) is 131 cm³/mol. The molecule has 2 saturated heterocycles. The Hall–Kier alpha value is -0.570. The fourth-order valence-electron chi connectivity index (χ4n) is 5.06. The number of hydrogen-bond acceptors (Lipinski definition) is 3. The molecule has 168 valence electrons. The summed E-state index contributed by atoms with van der Waals surface area (Å²) in [7, 11) is 1.84. The predicted octanol–water partition coefficient (Wildman–Crippen LogP) is 3.07. The van der Waals surface area contributed by atoms with E-state index in [0.29, 0.717) is 11.9 Å². The van der Waals surface area contributed by atoms with Crippen LogP contribution in [0.25, 0.3) is 0 Å². The molecule has 0 bridgehead atoms. The average Bonchev–Trinajstić information content (AvgIpc) is 3.22. The molecule has 0 aromatic heterocycles. The molecule has 0 spiro atoms. The van der Waals surface area contributed by atoms with Crippen molar-refractivity contribution in [3.63, 3.8) is 0 Å². The molecule has 3 fully saturated rings. The molecular formula is C22H42IN5O. The van der Waals surface area contributed by atoms with Crippen LogP contribution >= 0.6 is 24.0 Å². The zero-order chi connectivity index (χ0) is 19.8. The van der Waals surface area contributed by atoms with Crippen molar-refractivity contribution in [3.8, 4) is 0 Å². The number of rotatable bonds is 6. The van der Waals surface area contributed by atoms with Crippen LogP contribution in [0.1, 0.15) is 64.7 Å². The van der Waals surface area contributed by atoms with Gasteiger partial charge in [-0.25, -0.2) is 0 Å². The summed E-state index contributed by atoms with van der Waals surface area (Å²) >= 11 is 0. The number of piperidine rings is 1. The van der Waals surface area contributed by atoms with Gasteiger partial charge in [0.25, 0.3) is 0 Å². The Labute approximate surface area is 194 Å². The molecule has 0 radical (unpaired) electrons. The lowest BCUT2D eigenvalue weighted by atomic mass is 9.88. The van der Waals surface area contributed by atoms with Crippen molar-refractivity contribution in [2.75, 3.05) is 46.3 Å². The third-order valence-corrected chi connectivity index (χ3v) is 7.02. The summed E-state index contributed by atoms with van der Waals surface area (Å²) in [4.78, 5) is 21.8. The van der Waals surface area contributed by atoms with E-state index in [2.05, 4.69) is 32.3 Å². The third-order valence-electron chi connectivity index (χ3n) is 7.02. The summed E-state index contributed by atoms with van der Waals surface area (Å²) in [6, 6.07) is 0.325. The molecule has 6 nitrogen and oxygen atoms in total. The molecule has 1 saturated carbocycles. The number of nitrogens with one attached hydrogen (secondary N) is 2. The Morgan fingerprint density at radius 2 is 1.76 bits per heavy atom. The van der Waals surface area contributed by atoms with E-state index < -0.39 is 0 Å². The minimum atomic E-state index is 0. The number of carbonyl (C=O) groups excluding carboxylic acids is 1. The molecule has 3 aliphatic rings. The van der Waals surface area contributed by atoms with Gasteiger partial charge in [0.05, 0.1) is 0 Å². The van der Waals surface area contributed by atoms with Crippen LogP contribution < -0.4 is 10.6 Å². The highest BCUT2D eigenvalue weighted by Gasteiger charge is 2.31. The molecule has 1 atom stereocenters. The quantitative estimate of drug-likeness (QED) is 0.322. The number of guanidine groups is 1. The molecule has 3 rings (SSSR count). The fraction of sp³-hybridized carbons (Fsp3) is 0.909. The lowest BCUT2D eigenvalue weighted by Gasteiger charge is -2.31. The normalized spacial score (nSPS) is 25.0. The van der Waals surface area contributed by atoms with E-state index in [0.717, 1.165) is 50.8 Å². The molecule has 1 unspecified atom stereocenters. The van der Waals surface area contributed by atoms with E-state index in [1.54, 1.807) is 0 Å². The zero-order valence-electron chi connectivity index (χ0n) is 18.5. The maximum absolute atomic E-state index is 12.7. The Kier molecular flexibility index (Phi) is 11.0. The van der Waals surface area contributed by atoms with Crippen molar-refractivity contribution in [3.05, 3.63) is 0 Å². The molecule has 0 aromatic rings. The van der Waals surface area contributed by atoms with Crippen molar-refractivity contribution in [1.29, 1.82) is 0 Å². The lowest BCUT2D eigenvalue weighted by Crippen LogP contribution is -2.46. The Morgan fingerprint density at radius 3 is 2.41 bits per heavy atom. The van der Waals surface area contributed by atoms with E-state index in [1.807, 2.05) is 7.05 Å². The van der Waals surface area contributed by atoms with Crippen LogP contribution in [0.2, 0.25) is 0 Å². The van der Waals surface area contributed by atoms with Crippen LogP contribution in [-0.2, 0) is 4.79 Å². The summed E-state index contributed by atoms with van der Waals surface area (Å²) in [5.74, 6) is 2.40. The molecular weight excluding hydrogens is 477 g/mol. The molecule has 1 aliphatic carbocycles. The number of likely N-dealkylation sites (tertiary alicyclic amines) is 2. The van der Waals surface area contributed by atoms with Gasteiger partial charge >= 0.3 is 0 Å². The fourth-order valence-corrected chi connectivity index (χ4v) is 5.06. The summed E-state index contributed by atoms with van der Waals surface area (Å²) < 4.78 is 0. The summed E-state index contributed by atoms with van der Waals surface area (Å²) in [6.45, 7) is 8.63. The van der Waals surface area contributed by atoms with Crippen molar-refractivity contribution >= 4 is 35.8 Å². The number of nitrogens with zero attached hydrogens (tertiary/aromatic N) is 3. The number of carbonyl (C=O) groups is 1. The van der Waals surface area contributed by atoms with Gasteiger partial charge in [-0.1, -0.05) is 26.2 Å². The topological polar surface area (TPSA) is 60.0 Å². The molecule has 29 heavy (non-hydrogen) atoms. The van der Waals surface area contributed by atoms with Gasteiger partial charge in [-0.05, 0) is 64.1 Å². The third kappa shape index (κ3) is 7.56.